The molecule has 1 unspecified atom stereocenters. The number of rotatable bonds is 0. The van der Waals surface area contributed by atoms with Crippen molar-refractivity contribution < 1.29 is 4.79 Å². The fourth-order valence-corrected chi connectivity index (χ4v) is 3.11. The number of hydrogen-bond donors (Lipinski definition) is 2. The van der Waals surface area contributed by atoms with Crippen LogP contribution in [0.1, 0.15) is 5.56 Å². The molecule has 0 aromatic heterocycles. The van der Waals surface area contributed by atoms with Crippen LogP contribution in [-0.2, 0) is 4.79 Å². The highest BCUT2D eigenvalue weighted by Gasteiger charge is 2.35. The van der Waals surface area contributed by atoms with Gasteiger partial charge in [-0.15, -0.1) is 0 Å². The number of carbonyl (C=O) groups is 1. The maximum atomic E-state index is 12.0. The van der Waals surface area contributed by atoms with Crippen LogP contribution in [0.2, 0.25) is 0 Å². The van der Waals surface area contributed by atoms with Gasteiger partial charge in [-0.1, -0.05) is 15.9 Å². The highest BCUT2D eigenvalue weighted by molar-refractivity contribution is 9.10. The number of piperazine rings is 1. The zero-order chi connectivity index (χ0) is 12.0. The Balaban J connectivity index is 2.13. The first kappa shape index (κ1) is 11.0. The van der Waals surface area contributed by atoms with Crippen molar-refractivity contribution in [2.75, 3.05) is 29.9 Å². The van der Waals surface area contributed by atoms with Gasteiger partial charge in [0.05, 0.1) is 11.4 Å². The number of nitrogens with one attached hydrogen (secondary N) is 2. The second-order valence-corrected chi connectivity index (χ2v) is 5.44. The highest BCUT2D eigenvalue weighted by atomic mass is 79.9. The number of benzene rings is 1. The monoisotopic (exact) mass is 295 g/mol. The Labute approximate surface area is 108 Å². The lowest BCUT2D eigenvalue weighted by atomic mass is 10.0. The van der Waals surface area contributed by atoms with Crippen LogP contribution in [-0.4, -0.2) is 31.6 Å². The Morgan fingerprint density at radius 1 is 1.47 bits per heavy atom. The molecule has 0 aliphatic carbocycles. The van der Waals surface area contributed by atoms with Crippen LogP contribution in [0.5, 0.6) is 0 Å². The van der Waals surface area contributed by atoms with E-state index in [0.29, 0.717) is 0 Å². The normalized spacial score (nSPS) is 22.8. The molecular formula is C12H14BrN3O. The predicted molar refractivity (Wildman–Crippen MR) is 71.5 cm³/mol. The van der Waals surface area contributed by atoms with Crippen molar-refractivity contribution in [3.8, 4) is 0 Å². The van der Waals surface area contributed by atoms with Crippen LogP contribution in [0.15, 0.2) is 16.6 Å². The van der Waals surface area contributed by atoms with Crippen LogP contribution in [0, 0.1) is 6.92 Å². The Bertz CT molecular complexity index is 489. The molecule has 0 bridgehead atoms. The molecule has 0 saturated carbocycles. The fraction of sp³-hybridized carbons (Fsp3) is 0.417. The average Bonchev–Trinajstić information content (AvgIpc) is 2.31. The third-order valence-corrected chi connectivity index (χ3v) is 3.84. The number of fused-ring (bicyclic) bond motifs is 3. The first-order chi connectivity index (χ1) is 8.16. The summed E-state index contributed by atoms with van der Waals surface area (Å²) in [6, 6.07) is 4.03. The van der Waals surface area contributed by atoms with Gasteiger partial charge in [0.25, 0.3) is 0 Å². The Kier molecular flexibility index (Phi) is 2.60. The first-order valence-corrected chi connectivity index (χ1v) is 6.54. The summed E-state index contributed by atoms with van der Waals surface area (Å²) in [5, 5.41) is 6.27. The number of amides is 1. The molecule has 1 saturated heterocycles. The number of hydrogen-bond acceptors (Lipinski definition) is 3. The molecule has 0 radical (unpaired) electrons. The Morgan fingerprint density at radius 2 is 2.29 bits per heavy atom. The summed E-state index contributed by atoms with van der Waals surface area (Å²) in [5.74, 6) is 0.0927. The quantitative estimate of drug-likeness (QED) is 0.762. The molecule has 2 aliphatic rings. The first-order valence-electron chi connectivity index (χ1n) is 5.75. The second kappa shape index (κ2) is 3.99. The lowest BCUT2D eigenvalue weighted by Gasteiger charge is -2.41. The van der Waals surface area contributed by atoms with Crippen molar-refractivity contribution >= 4 is 33.2 Å². The SMILES string of the molecule is Cc1cc(Br)cc2c1NC(=O)C1CNCCN21. The van der Waals surface area contributed by atoms with E-state index in [9.17, 15) is 4.79 Å². The summed E-state index contributed by atoms with van der Waals surface area (Å²) < 4.78 is 1.06. The summed E-state index contributed by atoms with van der Waals surface area (Å²) in [4.78, 5) is 14.2. The van der Waals surface area contributed by atoms with E-state index in [0.717, 1.165) is 41.0 Å². The topological polar surface area (TPSA) is 44.4 Å². The number of aryl methyl sites for hydroxylation is 1. The standard InChI is InChI=1S/C12H14BrN3O/c1-7-4-8(13)5-9-11(7)15-12(17)10-6-14-2-3-16(9)10/h4-5,10,14H,2-3,6H2,1H3,(H,15,17). The molecular weight excluding hydrogens is 282 g/mol. The minimum absolute atomic E-state index is 0.0788. The van der Waals surface area contributed by atoms with E-state index >= 15 is 0 Å². The Hall–Kier alpha value is -1.07. The number of nitrogens with zero attached hydrogens (tertiary/aromatic N) is 1. The van der Waals surface area contributed by atoms with Gasteiger partial charge in [-0.25, -0.2) is 0 Å². The van der Waals surface area contributed by atoms with Crippen molar-refractivity contribution in [1.29, 1.82) is 0 Å². The van der Waals surface area contributed by atoms with Gasteiger partial charge in [0.15, 0.2) is 0 Å². The maximum absolute atomic E-state index is 12.0. The van der Waals surface area contributed by atoms with Crippen molar-refractivity contribution in [3.63, 3.8) is 0 Å². The van der Waals surface area contributed by atoms with E-state index < -0.39 is 0 Å². The molecule has 3 rings (SSSR count). The minimum atomic E-state index is -0.0788. The molecule has 2 heterocycles. The zero-order valence-electron chi connectivity index (χ0n) is 9.59. The predicted octanol–water partition coefficient (Wildman–Crippen LogP) is 1.49. The Morgan fingerprint density at radius 3 is 3.12 bits per heavy atom. The van der Waals surface area contributed by atoms with Crippen molar-refractivity contribution in [2.24, 2.45) is 0 Å². The second-order valence-electron chi connectivity index (χ2n) is 4.52. The fourth-order valence-electron chi connectivity index (χ4n) is 2.55. The van der Waals surface area contributed by atoms with E-state index in [1.54, 1.807) is 0 Å². The molecule has 2 aliphatic heterocycles. The summed E-state index contributed by atoms with van der Waals surface area (Å²) >= 11 is 3.52. The summed E-state index contributed by atoms with van der Waals surface area (Å²) in [6.45, 7) is 4.54. The van der Waals surface area contributed by atoms with Crippen LogP contribution < -0.4 is 15.5 Å². The van der Waals surface area contributed by atoms with Gasteiger partial charge in [0.1, 0.15) is 6.04 Å². The van der Waals surface area contributed by atoms with E-state index in [-0.39, 0.29) is 11.9 Å². The van der Waals surface area contributed by atoms with E-state index in [1.165, 1.54) is 0 Å². The molecule has 1 aromatic carbocycles. The lowest BCUT2D eigenvalue weighted by Crippen LogP contribution is -2.59. The molecule has 4 nitrogen and oxygen atoms in total. The molecule has 1 atom stereocenters. The van der Waals surface area contributed by atoms with Crippen molar-refractivity contribution in [3.05, 3.63) is 22.2 Å². The maximum Gasteiger partial charge on any atom is 0.248 e. The number of anilines is 2. The third kappa shape index (κ3) is 1.73. The molecule has 1 amide bonds. The number of halogens is 1. The van der Waals surface area contributed by atoms with Crippen molar-refractivity contribution in [2.45, 2.75) is 13.0 Å². The zero-order valence-corrected chi connectivity index (χ0v) is 11.2. The molecule has 0 spiro atoms. The van der Waals surface area contributed by atoms with Crippen LogP contribution in [0.3, 0.4) is 0 Å². The molecule has 1 aromatic rings. The lowest BCUT2D eigenvalue weighted by molar-refractivity contribution is -0.117. The number of carbonyl (C=O) groups excluding carboxylic acids is 1. The van der Waals surface area contributed by atoms with Gasteiger partial charge in [0.2, 0.25) is 5.91 Å². The summed E-state index contributed by atoms with van der Waals surface area (Å²) in [6.07, 6.45) is 0. The molecule has 17 heavy (non-hydrogen) atoms. The molecule has 2 N–H and O–H groups in total. The van der Waals surface area contributed by atoms with Gasteiger partial charge in [-0.05, 0) is 24.6 Å². The largest absolute Gasteiger partial charge is 0.355 e. The van der Waals surface area contributed by atoms with Crippen LogP contribution in [0.25, 0.3) is 0 Å². The van der Waals surface area contributed by atoms with E-state index in [2.05, 4.69) is 37.5 Å². The smallest absolute Gasteiger partial charge is 0.248 e. The van der Waals surface area contributed by atoms with Crippen LogP contribution >= 0.6 is 15.9 Å². The average molecular weight is 296 g/mol. The van der Waals surface area contributed by atoms with E-state index in [1.807, 2.05) is 13.0 Å². The van der Waals surface area contributed by atoms with Gasteiger partial charge in [0, 0.05) is 24.1 Å². The van der Waals surface area contributed by atoms with Crippen molar-refractivity contribution in [1.82, 2.24) is 5.32 Å². The molecule has 5 heteroatoms. The van der Waals surface area contributed by atoms with E-state index in [4.69, 9.17) is 0 Å². The minimum Gasteiger partial charge on any atom is -0.355 e. The molecule has 1 fully saturated rings. The van der Waals surface area contributed by atoms with Gasteiger partial charge in [-0.3, -0.25) is 4.79 Å². The highest BCUT2D eigenvalue weighted by Crippen LogP contribution is 2.37. The van der Waals surface area contributed by atoms with Crippen LogP contribution in [0.4, 0.5) is 11.4 Å². The third-order valence-electron chi connectivity index (χ3n) is 3.38. The van der Waals surface area contributed by atoms with Gasteiger partial charge >= 0.3 is 0 Å². The summed E-state index contributed by atoms with van der Waals surface area (Å²) in [5.41, 5.74) is 3.18. The van der Waals surface area contributed by atoms with Gasteiger partial charge in [-0.2, -0.15) is 0 Å². The molecule has 90 valence electrons. The summed E-state index contributed by atoms with van der Waals surface area (Å²) in [7, 11) is 0. The van der Waals surface area contributed by atoms with Gasteiger partial charge < -0.3 is 15.5 Å².